The van der Waals surface area contributed by atoms with Crippen LogP contribution in [0.3, 0.4) is 0 Å². The standard InChI is InChI=1S/C16H26IN3/c1-5-10-18-15-12(17)13(16(2,3)4)19-14(20-15)11-8-6-7-9-11/h11H,5-10H2,1-4H3,(H,18,19,20). The third kappa shape index (κ3) is 3.62. The minimum atomic E-state index is 0.0649. The summed E-state index contributed by atoms with van der Waals surface area (Å²) in [6, 6.07) is 0. The van der Waals surface area contributed by atoms with Gasteiger partial charge in [-0.25, -0.2) is 9.97 Å². The quantitative estimate of drug-likeness (QED) is 0.750. The highest BCUT2D eigenvalue weighted by Gasteiger charge is 2.27. The first-order valence-electron chi connectivity index (χ1n) is 7.75. The van der Waals surface area contributed by atoms with Crippen LogP contribution in [-0.2, 0) is 5.41 Å². The lowest BCUT2D eigenvalue weighted by molar-refractivity contribution is 0.548. The van der Waals surface area contributed by atoms with Gasteiger partial charge in [0.25, 0.3) is 0 Å². The second-order valence-electron chi connectivity index (χ2n) is 6.75. The highest BCUT2D eigenvalue weighted by molar-refractivity contribution is 14.1. The second-order valence-corrected chi connectivity index (χ2v) is 7.83. The molecule has 1 aromatic rings. The molecule has 0 radical (unpaired) electrons. The Balaban J connectivity index is 2.42. The summed E-state index contributed by atoms with van der Waals surface area (Å²) in [7, 11) is 0. The summed E-state index contributed by atoms with van der Waals surface area (Å²) < 4.78 is 1.19. The molecule has 20 heavy (non-hydrogen) atoms. The van der Waals surface area contributed by atoms with E-state index in [1.807, 2.05) is 0 Å². The molecule has 4 heteroatoms. The Kier molecular flexibility index (Phi) is 5.26. The Morgan fingerprint density at radius 1 is 1.20 bits per heavy atom. The van der Waals surface area contributed by atoms with Gasteiger partial charge in [-0.05, 0) is 41.9 Å². The van der Waals surface area contributed by atoms with E-state index in [-0.39, 0.29) is 5.41 Å². The number of hydrogen-bond donors (Lipinski definition) is 1. The van der Waals surface area contributed by atoms with Crippen LogP contribution < -0.4 is 5.32 Å². The molecular weight excluding hydrogens is 361 g/mol. The highest BCUT2D eigenvalue weighted by Crippen LogP contribution is 2.36. The summed E-state index contributed by atoms with van der Waals surface area (Å²) in [5.41, 5.74) is 1.25. The number of aromatic nitrogens is 2. The molecule has 0 atom stereocenters. The molecule has 1 aliphatic carbocycles. The molecule has 112 valence electrons. The topological polar surface area (TPSA) is 37.8 Å². The number of hydrogen-bond acceptors (Lipinski definition) is 3. The van der Waals surface area contributed by atoms with Gasteiger partial charge in [-0.1, -0.05) is 40.5 Å². The van der Waals surface area contributed by atoms with Crippen molar-refractivity contribution in [2.45, 2.75) is 71.1 Å². The van der Waals surface area contributed by atoms with Crippen LogP contribution in [0.2, 0.25) is 0 Å². The van der Waals surface area contributed by atoms with E-state index in [0.29, 0.717) is 5.92 Å². The average molecular weight is 387 g/mol. The van der Waals surface area contributed by atoms with Crippen molar-refractivity contribution >= 4 is 28.4 Å². The summed E-state index contributed by atoms with van der Waals surface area (Å²) in [6.45, 7) is 9.86. The van der Waals surface area contributed by atoms with Gasteiger partial charge in [0.15, 0.2) is 0 Å². The molecule has 0 spiro atoms. The van der Waals surface area contributed by atoms with Crippen LogP contribution >= 0.6 is 22.6 Å². The number of anilines is 1. The summed E-state index contributed by atoms with van der Waals surface area (Å²) in [6.07, 6.45) is 6.25. The fraction of sp³-hybridized carbons (Fsp3) is 0.750. The lowest BCUT2D eigenvalue weighted by Crippen LogP contribution is -2.20. The van der Waals surface area contributed by atoms with Crippen molar-refractivity contribution in [1.82, 2.24) is 9.97 Å². The van der Waals surface area contributed by atoms with Gasteiger partial charge in [-0.15, -0.1) is 0 Å². The van der Waals surface area contributed by atoms with Crippen LogP contribution in [0.5, 0.6) is 0 Å². The van der Waals surface area contributed by atoms with E-state index in [1.54, 1.807) is 0 Å². The van der Waals surface area contributed by atoms with E-state index >= 15 is 0 Å². The van der Waals surface area contributed by atoms with Gasteiger partial charge in [-0.2, -0.15) is 0 Å². The molecule has 0 aliphatic heterocycles. The zero-order chi connectivity index (χ0) is 14.8. The molecule has 0 bridgehead atoms. The Bertz CT molecular complexity index is 460. The normalized spacial score (nSPS) is 16.6. The third-order valence-corrected chi connectivity index (χ3v) is 4.86. The van der Waals surface area contributed by atoms with E-state index in [2.05, 4.69) is 55.6 Å². The van der Waals surface area contributed by atoms with Crippen LogP contribution in [-0.4, -0.2) is 16.5 Å². The molecule has 0 unspecified atom stereocenters. The average Bonchev–Trinajstić information content (AvgIpc) is 2.90. The van der Waals surface area contributed by atoms with Crippen molar-refractivity contribution < 1.29 is 0 Å². The van der Waals surface area contributed by atoms with Crippen LogP contribution in [0, 0.1) is 3.57 Å². The van der Waals surface area contributed by atoms with Gasteiger partial charge < -0.3 is 5.32 Å². The van der Waals surface area contributed by atoms with Crippen LogP contribution in [0.15, 0.2) is 0 Å². The maximum Gasteiger partial charge on any atom is 0.143 e. The van der Waals surface area contributed by atoms with Gasteiger partial charge in [-0.3, -0.25) is 0 Å². The van der Waals surface area contributed by atoms with Crippen molar-refractivity contribution in [3.05, 3.63) is 15.1 Å². The second kappa shape index (κ2) is 6.58. The van der Waals surface area contributed by atoms with Gasteiger partial charge >= 0.3 is 0 Å². The largest absolute Gasteiger partial charge is 0.369 e. The van der Waals surface area contributed by atoms with Gasteiger partial charge in [0.05, 0.1) is 9.26 Å². The molecule has 1 aromatic heterocycles. The molecule has 1 saturated carbocycles. The Hall–Kier alpha value is -0.390. The first kappa shape index (κ1) is 16.0. The number of halogens is 1. The lowest BCUT2D eigenvalue weighted by atomic mass is 9.91. The minimum Gasteiger partial charge on any atom is -0.369 e. The Labute approximate surface area is 136 Å². The van der Waals surface area contributed by atoms with E-state index in [9.17, 15) is 0 Å². The molecule has 0 saturated heterocycles. The van der Waals surface area contributed by atoms with E-state index in [4.69, 9.17) is 9.97 Å². The summed E-state index contributed by atoms with van der Waals surface area (Å²) in [5.74, 6) is 2.66. The zero-order valence-corrected chi connectivity index (χ0v) is 15.2. The first-order chi connectivity index (χ1) is 9.43. The minimum absolute atomic E-state index is 0.0649. The molecule has 1 aliphatic rings. The molecule has 1 heterocycles. The third-order valence-electron chi connectivity index (χ3n) is 3.84. The highest BCUT2D eigenvalue weighted by atomic mass is 127. The number of nitrogens with zero attached hydrogens (tertiary/aromatic N) is 2. The van der Waals surface area contributed by atoms with Crippen molar-refractivity contribution in [3.63, 3.8) is 0 Å². The lowest BCUT2D eigenvalue weighted by Gasteiger charge is -2.23. The summed E-state index contributed by atoms with van der Waals surface area (Å²) >= 11 is 2.40. The van der Waals surface area contributed by atoms with E-state index < -0.39 is 0 Å². The van der Waals surface area contributed by atoms with Crippen molar-refractivity contribution in [3.8, 4) is 0 Å². The fourth-order valence-corrected chi connectivity index (χ4v) is 3.93. The predicted octanol–water partition coefficient (Wildman–Crippen LogP) is 4.86. The van der Waals surface area contributed by atoms with Crippen LogP contribution in [0.25, 0.3) is 0 Å². The maximum atomic E-state index is 4.94. The SMILES string of the molecule is CCCNc1nc(C2CCCC2)nc(C(C)(C)C)c1I. The number of rotatable bonds is 4. The van der Waals surface area contributed by atoms with Crippen molar-refractivity contribution in [1.29, 1.82) is 0 Å². The summed E-state index contributed by atoms with van der Waals surface area (Å²) in [5, 5.41) is 3.48. The molecule has 3 nitrogen and oxygen atoms in total. The van der Waals surface area contributed by atoms with E-state index in [1.165, 1.54) is 34.9 Å². The van der Waals surface area contributed by atoms with Gasteiger partial charge in [0.2, 0.25) is 0 Å². The van der Waals surface area contributed by atoms with Crippen LogP contribution in [0.1, 0.15) is 77.2 Å². The van der Waals surface area contributed by atoms with Crippen LogP contribution in [0.4, 0.5) is 5.82 Å². The van der Waals surface area contributed by atoms with Crippen molar-refractivity contribution in [2.75, 3.05) is 11.9 Å². The fourth-order valence-electron chi connectivity index (χ4n) is 2.69. The molecule has 0 amide bonds. The monoisotopic (exact) mass is 387 g/mol. The van der Waals surface area contributed by atoms with Gasteiger partial charge in [0.1, 0.15) is 11.6 Å². The Morgan fingerprint density at radius 2 is 1.85 bits per heavy atom. The molecule has 1 fully saturated rings. The predicted molar refractivity (Wildman–Crippen MR) is 93.4 cm³/mol. The molecule has 0 aromatic carbocycles. The smallest absolute Gasteiger partial charge is 0.143 e. The van der Waals surface area contributed by atoms with Crippen molar-refractivity contribution in [2.24, 2.45) is 0 Å². The molecular formula is C16H26IN3. The Morgan fingerprint density at radius 3 is 2.40 bits per heavy atom. The van der Waals surface area contributed by atoms with Gasteiger partial charge in [0, 0.05) is 17.9 Å². The zero-order valence-electron chi connectivity index (χ0n) is 13.1. The maximum absolute atomic E-state index is 4.94. The first-order valence-corrected chi connectivity index (χ1v) is 8.83. The molecule has 1 N–H and O–H groups in total. The molecule has 2 rings (SSSR count). The number of nitrogens with one attached hydrogen (secondary N) is 1. The van der Waals surface area contributed by atoms with E-state index in [0.717, 1.165) is 24.6 Å². The summed E-state index contributed by atoms with van der Waals surface area (Å²) in [4.78, 5) is 9.77.